The van der Waals surface area contributed by atoms with Crippen LogP contribution in [0, 0.1) is 5.92 Å². The van der Waals surface area contributed by atoms with Crippen molar-refractivity contribution in [2.24, 2.45) is 5.92 Å². The van der Waals surface area contributed by atoms with Crippen LogP contribution in [0.4, 0.5) is 0 Å². The quantitative estimate of drug-likeness (QED) is 0.517. The summed E-state index contributed by atoms with van der Waals surface area (Å²) in [6, 6.07) is 0.195. The third-order valence-corrected chi connectivity index (χ3v) is 2.61. The number of carbonyl (C=O) groups is 2. The van der Waals surface area contributed by atoms with Crippen LogP contribution in [0.3, 0.4) is 0 Å². The summed E-state index contributed by atoms with van der Waals surface area (Å²) < 4.78 is 0. The minimum absolute atomic E-state index is 0.0263. The summed E-state index contributed by atoms with van der Waals surface area (Å²) in [5.74, 6) is -0.177. The molecule has 0 saturated carbocycles. The monoisotopic (exact) mass is 258 g/mol. The largest absolute Gasteiger partial charge is 0.481 e. The molecule has 5 heteroatoms. The van der Waals surface area contributed by atoms with Crippen LogP contribution in [0.5, 0.6) is 0 Å². The predicted molar refractivity (Wildman–Crippen MR) is 71.4 cm³/mol. The second kappa shape index (κ2) is 9.88. The number of rotatable bonds is 10. The fourth-order valence-corrected chi connectivity index (χ4v) is 1.55. The molecular weight excluding hydrogens is 232 g/mol. The summed E-state index contributed by atoms with van der Waals surface area (Å²) in [6.07, 6.45) is 2.78. The molecule has 1 unspecified atom stereocenters. The first kappa shape index (κ1) is 16.9. The van der Waals surface area contributed by atoms with Crippen molar-refractivity contribution in [2.75, 3.05) is 13.1 Å². The number of amides is 1. The van der Waals surface area contributed by atoms with Crippen LogP contribution < -0.4 is 10.6 Å². The van der Waals surface area contributed by atoms with E-state index in [0.29, 0.717) is 18.9 Å². The maximum Gasteiger partial charge on any atom is 0.303 e. The van der Waals surface area contributed by atoms with Gasteiger partial charge >= 0.3 is 5.97 Å². The van der Waals surface area contributed by atoms with Gasteiger partial charge in [0.1, 0.15) is 0 Å². The summed E-state index contributed by atoms with van der Waals surface area (Å²) in [5.41, 5.74) is 0. The number of carbonyl (C=O) groups excluding carboxylic acids is 1. The van der Waals surface area contributed by atoms with E-state index in [1.807, 2.05) is 6.92 Å². The molecule has 0 aliphatic rings. The number of nitrogens with one attached hydrogen (secondary N) is 2. The third-order valence-electron chi connectivity index (χ3n) is 2.61. The molecule has 0 heterocycles. The van der Waals surface area contributed by atoms with Crippen LogP contribution in [0.15, 0.2) is 0 Å². The first-order chi connectivity index (χ1) is 8.41. The molecule has 0 aromatic rings. The summed E-state index contributed by atoms with van der Waals surface area (Å²) >= 11 is 0. The van der Waals surface area contributed by atoms with E-state index in [-0.39, 0.29) is 24.9 Å². The van der Waals surface area contributed by atoms with Crippen LogP contribution in [0.25, 0.3) is 0 Å². The molecule has 0 aliphatic heterocycles. The Morgan fingerprint density at radius 3 is 2.39 bits per heavy atom. The van der Waals surface area contributed by atoms with Crippen molar-refractivity contribution in [3.05, 3.63) is 0 Å². The SMILES string of the molecule is CC(C)CCC(C)NC(=O)CNCCCC(=O)O. The molecule has 0 bridgehead atoms. The zero-order chi connectivity index (χ0) is 14.0. The van der Waals surface area contributed by atoms with Crippen molar-refractivity contribution in [3.8, 4) is 0 Å². The van der Waals surface area contributed by atoms with E-state index in [4.69, 9.17) is 5.11 Å². The molecular formula is C13H26N2O3. The van der Waals surface area contributed by atoms with Crippen LogP contribution >= 0.6 is 0 Å². The van der Waals surface area contributed by atoms with Gasteiger partial charge in [0.2, 0.25) is 5.91 Å². The summed E-state index contributed by atoms with van der Waals surface area (Å²) in [4.78, 5) is 21.8. The standard InChI is InChI=1S/C13H26N2O3/c1-10(2)6-7-11(3)15-12(16)9-14-8-4-5-13(17)18/h10-11,14H,4-9H2,1-3H3,(H,15,16)(H,17,18). The van der Waals surface area contributed by atoms with Crippen molar-refractivity contribution in [2.45, 2.75) is 52.5 Å². The zero-order valence-corrected chi connectivity index (χ0v) is 11.7. The van der Waals surface area contributed by atoms with Crippen LogP contribution in [0.2, 0.25) is 0 Å². The third kappa shape index (κ3) is 11.4. The Labute approximate surface area is 109 Å². The van der Waals surface area contributed by atoms with Crippen molar-refractivity contribution in [1.29, 1.82) is 0 Å². The molecule has 0 aromatic heterocycles. The molecule has 0 aromatic carbocycles. The van der Waals surface area contributed by atoms with Gasteiger partial charge in [0.25, 0.3) is 0 Å². The van der Waals surface area contributed by atoms with E-state index >= 15 is 0 Å². The molecule has 3 N–H and O–H groups in total. The van der Waals surface area contributed by atoms with Crippen molar-refractivity contribution in [3.63, 3.8) is 0 Å². The van der Waals surface area contributed by atoms with Gasteiger partial charge in [-0.3, -0.25) is 9.59 Å². The van der Waals surface area contributed by atoms with Crippen LogP contribution in [-0.4, -0.2) is 36.1 Å². The fraction of sp³-hybridized carbons (Fsp3) is 0.846. The number of carboxylic acid groups (broad SMARTS) is 1. The fourth-order valence-electron chi connectivity index (χ4n) is 1.55. The molecule has 18 heavy (non-hydrogen) atoms. The Bertz CT molecular complexity index is 255. The zero-order valence-electron chi connectivity index (χ0n) is 11.7. The lowest BCUT2D eigenvalue weighted by Gasteiger charge is -2.15. The molecule has 106 valence electrons. The molecule has 0 fully saturated rings. The van der Waals surface area contributed by atoms with E-state index < -0.39 is 5.97 Å². The highest BCUT2D eigenvalue weighted by Gasteiger charge is 2.07. The summed E-state index contributed by atoms with van der Waals surface area (Å²) in [7, 11) is 0. The molecule has 0 saturated heterocycles. The predicted octanol–water partition coefficient (Wildman–Crippen LogP) is 1.38. The van der Waals surface area contributed by atoms with Gasteiger partial charge in [0.05, 0.1) is 6.54 Å². The lowest BCUT2D eigenvalue weighted by Crippen LogP contribution is -2.39. The average Bonchev–Trinajstić information content (AvgIpc) is 2.25. The molecule has 1 atom stereocenters. The highest BCUT2D eigenvalue weighted by Crippen LogP contribution is 2.05. The highest BCUT2D eigenvalue weighted by atomic mass is 16.4. The van der Waals surface area contributed by atoms with Crippen molar-refractivity contribution < 1.29 is 14.7 Å². The van der Waals surface area contributed by atoms with Gasteiger partial charge in [-0.05, 0) is 38.6 Å². The molecule has 0 aliphatic carbocycles. The average molecular weight is 258 g/mol. The number of hydrogen-bond acceptors (Lipinski definition) is 3. The van der Waals surface area contributed by atoms with E-state index in [1.165, 1.54) is 0 Å². The Kier molecular flexibility index (Phi) is 9.28. The van der Waals surface area contributed by atoms with Gasteiger partial charge in [-0.15, -0.1) is 0 Å². The van der Waals surface area contributed by atoms with Gasteiger partial charge in [-0.1, -0.05) is 13.8 Å². The summed E-state index contributed by atoms with van der Waals surface area (Å²) in [5, 5.41) is 14.3. The first-order valence-corrected chi connectivity index (χ1v) is 6.63. The molecule has 5 nitrogen and oxygen atoms in total. The van der Waals surface area contributed by atoms with Crippen molar-refractivity contribution in [1.82, 2.24) is 10.6 Å². The van der Waals surface area contributed by atoms with Crippen LogP contribution in [-0.2, 0) is 9.59 Å². The maximum absolute atomic E-state index is 11.5. The van der Waals surface area contributed by atoms with E-state index in [0.717, 1.165) is 12.8 Å². The molecule has 0 spiro atoms. The topological polar surface area (TPSA) is 78.4 Å². The van der Waals surface area contributed by atoms with Gasteiger partial charge in [0, 0.05) is 12.5 Å². The Morgan fingerprint density at radius 1 is 1.17 bits per heavy atom. The first-order valence-electron chi connectivity index (χ1n) is 6.63. The van der Waals surface area contributed by atoms with E-state index in [1.54, 1.807) is 0 Å². The minimum atomic E-state index is -0.802. The number of aliphatic carboxylic acids is 1. The Morgan fingerprint density at radius 2 is 1.83 bits per heavy atom. The molecule has 0 radical (unpaired) electrons. The normalized spacial score (nSPS) is 12.4. The minimum Gasteiger partial charge on any atom is -0.481 e. The Balaban J connectivity index is 3.49. The van der Waals surface area contributed by atoms with Crippen LogP contribution in [0.1, 0.15) is 46.5 Å². The summed E-state index contributed by atoms with van der Waals surface area (Å²) in [6.45, 7) is 7.15. The van der Waals surface area contributed by atoms with Gasteiger partial charge in [0.15, 0.2) is 0 Å². The van der Waals surface area contributed by atoms with E-state index in [2.05, 4.69) is 24.5 Å². The van der Waals surface area contributed by atoms with Gasteiger partial charge in [-0.2, -0.15) is 0 Å². The lowest BCUT2D eigenvalue weighted by molar-refractivity contribution is -0.137. The Hall–Kier alpha value is -1.10. The second-order valence-electron chi connectivity index (χ2n) is 5.11. The van der Waals surface area contributed by atoms with Gasteiger partial charge in [-0.25, -0.2) is 0 Å². The molecule has 0 rings (SSSR count). The highest BCUT2D eigenvalue weighted by molar-refractivity contribution is 5.78. The van der Waals surface area contributed by atoms with Crippen molar-refractivity contribution >= 4 is 11.9 Å². The maximum atomic E-state index is 11.5. The second-order valence-corrected chi connectivity index (χ2v) is 5.11. The van der Waals surface area contributed by atoms with Gasteiger partial charge < -0.3 is 15.7 Å². The molecule has 1 amide bonds. The number of carboxylic acids is 1. The smallest absolute Gasteiger partial charge is 0.303 e. The lowest BCUT2D eigenvalue weighted by atomic mass is 10.0. The number of hydrogen-bond donors (Lipinski definition) is 3. The van der Waals surface area contributed by atoms with E-state index in [9.17, 15) is 9.59 Å².